The van der Waals surface area contributed by atoms with Gasteiger partial charge in [-0.15, -0.1) is 0 Å². The number of hydrogen-bond donors (Lipinski definition) is 2. The van der Waals surface area contributed by atoms with E-state index in [4.69, 9.17) is 0 Å². The number of rotatable bonds is 3. The molecule has 1 aromatic carbocycles. The van der Waals surface area contributed by atoms with Gasteiger partial charge in [0.25, 0.3) is 0 Å². The first kappa shape index (κ1) is 14.8. The number of aryl methyl sites for hydroxylation is 1. The minimum Gasteiger partial charge on any atom is -0.341 e. The monoisotopic (exact) mass is 279 g/mol. The van der Waals surface area contributed by atoms with E-state index in [2.05, 4.69) is 10.6 Å². The highest BCUT2D eigenvalue weighted by molar-refractivity contribution is 5.74. The number of carbonyl (C=O) groups is 1. The van der Waals surface area contributed by atoms with Gasteiger partial charge in [0, 0.05) is 18.7 Å². The molecule has 4 nitrogen and oxygen atoms in total. The molecule has 2 N–H and O–H groups in total. The molecule has 2 amide bonds. The van der Waals surface area contributed by atoms with Crippen LogP contribution in [-0.2, 0) is 6.54 Å². The fourth-order valence-corrected chi connectivity index (χ4v) is 2.59. The highest BCUT2D eigenvalue weighted by Crippen LogP contribution is 2.18. The Hall–Kier alpha value is -1.62. The number of halogens is 1. The van der Waals surface area contributed by atoms with Crippen molar-refractivity contribution >= 4 is 6.03 Å². The Balaban J connectivity index is 2.16. The van der Waals surface area contributed by atoms with Crippen molar-refractivity contribution in [1.82, 2.24) is 15.5 Å². The van der Waals surface area contributed by atoms with Crippen molar-refractivity contribution in [2.75, 3.05) is 20.1 Å². The van der Waals surface area contributed by atoms with Crippen molar-refractivity contribution in [3.05, 3.63) is 35.1 Å². The predicted octanol–water partition coefficient (Wildman–Crippen LogP) is 2.03. The van der Waals surface area contributed by atoms with Gasteiger partial charge in [-0.3, -0.25) is 0 Å². The maximum atomic E-state index is 14.0. The van der Waals surface area contributed by atoms with Crippen LogP contribution in [0.3, 0.4) is 0 Å². The molecular formula is C15H22FN3O. The molecule has 0 unspecified atom stereocenters. The number of carbonyl (C=O) groups excluding carboxylic acids is 1. The molecule has 0 saturated carbocycles. The van der Waals surface area contributed by atoms with E-state index in [0.717, 1.165) is 31.5 Å². The van der Waals surface area contributed by atoms with Crippen LogP contribution in [-0.4, -0.2) is 37.1 Å². The Labute approximate surface area is 119 Å². The zero-order valence-electron chi connectivity index (χ0n) is 12.1. The van der Waals surface area contributed by atoms with Gasteiger partial charge in [-0.05, 0) is 44.5 Å². The Morgan fingerprint density at radius 3 is 2.75 bits per heavy atom. The number of nitrogens with zero attached hydrogens (tertiary/aromatic N) is 1. The van der Waals surface area contributed by atoms with Gasteiger partial charge < -0.3 is 15.5 Å². The van der Waals surface area contributed by atoms with Gasteiger partial charge in [-0.1, -0.05) is 12.1 Å². The van der Waals surface area contributed by atoms with Crippen LogP contribution in [0, 0.1) is 12.7 Å². The lowest BCUT2D eigenvalue weighted by molar-refractivity contribution is 0.155. The number of hydrogen-bond acceptors (Lipinski definition) is 2. The summed E-state index contributed by atoms with van der Waals surface area (Å²) >= 11 is 0. The Kier molecular flexibility index (Phi) is 4.95. The molecule has 1 aliphatic rings. The summed E-state index contributed by atoms with van der Waals surface area (Å²) < 4.78 is 14.0. The largest absolute Gasteiger partial charge is 0.341 e. The smallest absolute Gasteiger partial charge is 0.317 e. The number of amides is 2. The van der Waals surface area contributed by atoms with Gasteiger partial charge in [-0.25, -0.2) is 9.18 Å². The Morgan fingerprint density at radius 2 is 2.15 bits per heavy atom. The average molecular weight is 279 g/mol. The average Bonchev–Trinajstić information content (AvgIpc) is 2.46. The van der Waals surface area contributed by atoms with Crippen molar-refractivity contribution in [3.63, 3.8) is 0 Å². The van der Waals surface area contributed by atoms with Crippen LogP contribution in [0.15, 0.2) is 18.2 Å². The molecule has 1 saturated heterocycles. The lowest BCUT2D eigenvalue weighted by Gasteiger charge is -2.34. The SMILES string of the molecule is CNC(=O)N(Cc1ccc(C)cc1F)C1CCNCC1. The molecular weight excluding hydrogens is 257 g/mol. The van der Waals surface area contributed by atoms with Crippen LogP contribution in [0.2, 0.25) is 0 Å². The van der Waals surface area contributed by atoms with E-state index in [1.165, 1.54) is 6.07 Å². The highest BCUT2D eigenvalue weighted by atomic mass is 19.1. The first-order chi connectivity index (χ1) is 9.61. The molecule has 0 radical (unpaired) electrons. The topological polar surface area (TPSA) is 44.4 Å². The third-order valence-corrected chi connectivity index (χ3v) is 3.77. The molecule has 1 aromatic rings. The summed E-state index contributed by atoms with van der Waals surface area (Å²) in [5.41, 5.74) is 1.46. The molecule has 0 atom stereocenters. The minimum absolute atomic E-state index is 0.142. The summed E-state index contributed by atoms with van der Waals surface area (Å²) in [5, 5.41) is 5.93. The standard InChI is InChI=1S/C15H22FN3O/c1-11-3-4-12(14(16)9-11)10-19(15(20)17-2)13-5-7-18-8-6-13/h3-4,9,13,18H,5-8,10H2,1-2H3,(H,17,20). The number of urea groups is 1. The molecule has 1 fully saturated rings. The van der Waals surface area contributed by atoms with Crippen LogP contribution in [0.4, 0.5) is 9.18 Å². The third kappa shape index (κ3) is 3.48. The maximum Gasteiger partial charge on any atom is 0.317 e. The predicted molar refractivity (Wildman–Crippen MR) is 77.0 cm³/mol. The molecule has 5 heteroatoms. The molecule has 2 rings (SSSR count). The molecule has 1 heterocycles. The summed E-state index contributed by atoms with van der Waals surface area (Å²) in [5.74, 6) is -0.243. The summed E-state index contributed by atoms with van der Waals surface area (Å²) in [6.45, 7) is 3.97. The van der Waals surface area contributed by atoms with Gasteiger partial charge in [0.05, 0.1) is 6.54 Å². The quantitative estimate of drug-likeness (QED) is 0.889. The van der Waals surface area contributed by atoms with E-state index in [9.17, 15) is 9.18 Å². The zero-order chi connectivity index (χ0) is 14.5. The van der Waals surface area contributed by atoms with Gasteiger partial charge in [-0.2, -0.15) is 0 Å². The summed E-state index contributed by atoms with van der Waals surface area (Å²) in [6, 6.07) is 5.18. The van der Waals surface area contributed by atoms with Crippen molar-refractivity contribution in [1.29, 1.82) is 0 Å². The van der Waals surface area contributed by atoms with Crippen molar-refractivity contribution < 1.29 is 9.18 Å². The second-order valence-corrected chi connectivity index (χ2v) is 5.26. The summed E-state index contributed by atoms with van der Waals surface area (Å²) in [4.78, 5) is 13.8. The first-order valence-corrected chi connectivity index (χ1v) is 7.06. The van der Waals surface area contributed by atoms with E-state index in [0.29, 0.717) is 12.1 Å². The van der Waals surface area contributed by atoms with Crippen LogP contribution >= 0.6 is 0 Å². The van der Waals surface area contributed by atoms with Crippen LogP contribution in [0.1, 0.15) is 24.0 Å². The molecule has 0 spiro atoms. The Morgan fingerprint density at radius 1 is 1.45 bits per heavy atom. The number of nitrogens with one attached hydrogen (secondary N) is 2. The first-order valence-electron chi connectivity index (χ1n) is 7.06. The van der Waals surface area contributed by atoms with E-state index in [-0.39, 0.29) is 17.9 Å². The highest BCUT2D eigenvalue weighted by Gasteiger charge is 2.25. The number of piperidine rings is 1. The lowest BCUT2D eigenvalue weighted by Crippen LogP contribution is -2.48. The second kappa shape index (κ2) is 6.70. The second-order valence-electron chi connectivity index (χ2n) is 5.26. The van der Waals surface area contributed by atoms with Crippen molar-refractivity contribution in [2.24, 2.45) is 0 Å². The molecule has 0 aromatic heterocycles. The van der Waals surface area contributed by atoms with Crippen molar-refractivity contribution in [3.8, 4) is 0 Å². The van der Waals surface area contributed by atoms with Crippen LogP contribution < -0.4 is 10.6 Å². The van der Waals surface area contributed by atoms with Gasteiger partial charge >= 0.3 is 6.03 Å². The molecule has 0 bridgehead atoms. The molecule has 1 aliphatic heterocycles. The van der Waals surface area contributed by atoms with E-state index in [1.54, 1.807) is 18.0 Å². The summed E-state index contributed by atoms with van der Waals surface area (Å²) in [6.07, 6.45) is 1.81. The third-order valence-electron chi connectivity index (χ3n) is 3.77. The van der Waals surface area contributed by atoms with Crippen LogP contribution in [0.25, 0.3) is 0 Å². The number of benzene rings is 1. The lowest BCUT2D eigenvalue weighted by atomic mass is 10.0. The summed E-state index contributed by atoms with van der Waals surface area (Å²) in [7, 11) is 1.61. The van der Waals surface area contributed by atoms with Gasteiger partial charge in [0.2, 0.25) is 0 Å². The molecule has 20 heavy (non-hydrogen) atoms. The van der Waals surface area contributed by atoms with Crippen molar-refractivity contribution in [2.45, 2.75) is 32.4 Å². The fourth-order valence-electron chi connectivity index (χ4n) is 2.59. The minimum atomic E-state index is -0.243. The normalized spacial score (nSPS) is 15.9. The molecule has 110 valence electrons. The van der Waals surface area contributed by atoms with Gasteiger partial charge in [0.15, 0.2) is 0 Å². The van der Waals surface area contributed by atoms with Crippen LogP contribution in [0.5, 0.6) is 0 Å². The Bertz CT molecular complexity index is 472. The zero-order valence-corrected chi connectivity index (χ0v) is 12.1. The maximum absolute atomic E-state index is 14.0. The van der Waals surface area contributed by atoms with Gasteiger partial charge in [0.1, 0.15) is 5.82 Å². The van der Waals surface area contributed by atoms with E-state index >= 15 is 0 Å². The molecule has 0 aliphatic carbocycles. The fraction of sp³-hybridized carbons (Fsp3) is 0.533. The van der Waals surface area contributed by atoms with E-state index < -0.39 is 0 Å². The van der Waals surface area contributed by atoms with E-state index in [1.807, 2.05) is 13.0 Å².